The molecule has 90 valence electrons. The van der Waals surface area contributed by atoms with Crippen LogP contribution in [0.25, 0.3) is 0 Å². The topological polar surface area (TPSA) is 61.3 Å². The third-order valence-corrected chi connectivity index (χ3v) is 2.52. The number of hydrogen-bond donors (Lipinski definition) is 1. The summed E-state index contributed by atoms with van der Waals surface area (Å²) in [6.45, 7) is 4.83. The third-order valence-electron chi connectivity index (χ3n) is 2.52. The van der Waals surface area contributed by atoms with E-state index in [2.05, 4.69) is 18.1 Å². The molecule has 2 N–H and O–H groups in total. The van der Waals surface area contributed by atoms with Gasteiger partial charge in [-0.2, -0.15) is 0 Å². The van der Waals surface area contributed by atoms with Crippen LogP contribution < -0.4 is 10.5 Å². The molecule has 0 saturated carbocycles. The van der Waals surface area contributed by atoms with Crippen LogP contribution in [0.5, 0.6) is 5.75 Å². The van der Waals surface area contributed by atoms with Crippen molar-refractivity contribution in [1.29, 1.82) is 0 Å². The Hall–Kier alpha value is -1.81. The van der Waals surface area contributed by atoms with Crippen molar-refractivity contribution in [2.75, 3.05) is 0 Å². The summed E-state index contributed by atoms with van der Waals surface area (Å²) in [6.07, 6.45) is 0. The first-order valence-electron chi connectivity index (χ1n) is 5.53. The largest absolute Gasteiger partial charge is 0.485 e. The Balaban J connectivity index is 2.02. The maximum atomic E-state index is 5.66. The number of nitrogens with zero attached hydrogens (tertiary/aromatic N) is 1. The van der Waals surface area contributed by atoms with Crippen LogP contribution in [0.3, 0.4) is 0 Å². The summed E-state index contributed by atoms with van der Waals surface area (Å²) in [6, 6.07) is 7.88. The first-order valence-corrected chi connectivity index (χ1v) is 5.53. The molecule has 0 aliphatic carbocycles. The van der Waals surface area contributed by atoms with Crippen LogP contribution in [0.15, 0.2) is 28.8 Å². The van der Waals surface area contributed by atoms with E-state index >= 15 is 0 Å². The zero-order chi connectivity index (χ0) is 12.3. The summed E-state index contributed by atoms with van der Waals surface area (Å²) in [7, 11) is 0. The molecule has 4 heteroatoms. The molecule has 2 aromatic rings. The molecule has 1 aromatic heterocycles. The number of rotatable bonds is 4. The van der Waals surface area contributed by atoms with Gasteiger partial charge in [0.15, 0.2) is 5.76 Å². The van der Waals surface area contributed by atoms with Crippen molar-refractivity contribution in [2.24, 2.45) is 5.73 Å². The second kappa shape index (κ2) is 5.01. The van der Waals surface area contributed by atoms with Gasteiger partial charge in [-0.15, -0.1) is 0 Å². The van der Waals surface area contributed by atoms with Gasteiger partial charge in [0.05, 0.1) is 5.69 Å². The summed E-state index contributed by atoms with van der Waals surface area (Å²) >= 11 is 0. The number of benzene rings is 1. The monoisotopic (exact) mass is 232 g/mol. The van der Waals surface area contributed by atoms with Gasteiger partial charge in [0.2, 0.25) is 0 Å². The van der Waals surface area contributed by atoms with Gasteiger partial charge in [-0.25, -0.2) is 0 Å². The predicted octanol–water partition coefficient (Wildman–Crippen LogP) is 2.33. The van der Waals surface area contributed by atoms with Crippen LogP contribution in [0.4, 0.5) is 0 Å². The van der Waals surface area contributed by atoms with E-state index in [1.54, 1.807) is 0 Å². The molecule has 0 fully saturated rings. The minimum atomic E-state index is 0.372. The van der Waals surface area contributed by atoms with E-state index in [0.717, 1.165) is 17.0 Å². The van der Waals surface area contributed by atoms with Crippen molar-refractivity contribution in [3.05, 3.63) is 46.8 Å². The maximum absolute atomic E-state index is 5.66. The summed E-state index contributed by atoms with van der Waals surface area (Å²) < 4.78 is 10.7. The molecule has 0 amide bonds. The van der Waals surface area contributed by atoms with E-state index < -0.39 is 0 Å². The van der Waals surface area contributed by atoms with E-state index in [1.807, 2.05) is 25.1 Å². The lowest BCUT2D eigenvalue weighted by Gasteiger charge is -2.07. The van der Waals surface area contributed by atoms with E-state index in [1.165, 1.54) is 5.56 Å². The summed E-state index contributed by atoms with van der Waals surface area (Å²) in [5.41, 5.74) is 8.52. The minimum Gasteiger partial charge on any atom is -0.485 e. The van der Waals surface area contributed by atoms with Crippen LogP contribution >= 0.6 is 0 Å². The van der Waals surface area contributed by atoms with Gasteiger partial charge in [0.25, 0.3) is 0 Å². The second-order valence-corrected chi connectivity index (χ2v) is 4.05. The Morgan fingerprint density at radius 3 is 2.76 bits per heavy atom. The molecule has 2 rings (SSSR count). The molecule has 0 bridgehead atoms. The summed E-state index contributed by atoms with van der Waals surface area (Å²) in [5.74, 6) is 1.55. The second-order valence-electron chi connectivity index (χ2n) is 4.05. The highest BCUT2D eigenvalue weighted by atomic mass is 16.5. The van der Waals surface area contributed by atoms with Crippen molar-refractivity contribution >= 4 is 0 Å². The average Bonchev–Trinajstić information content (AvgIpc) is 2.76. The highest BCUT2D eigenvalue weighted by Crippen LogP contribution is 2.20. The molecule has 4 nitrogen and oxygen atoms in total. The van der Waals surface area contributed by atoms with Gasteiger partial charge < -0.3 is 15.0 Å². The molecule has 17 heavy (non-hydrogen) atoms. The Kier molecular flexibility index (Phi) is 3.44. The van der Waals surface area contributed by atoms with E-state index in [-0.39, 0.29) is 0 Å². The fraction of sp³-hybridized carbons (Fsp3) is 0.308. The van der Waals surface area contributed by atoms with Crippen LogP contribution in [-0.2, 0) is 13.2 Å². The summed E-state index contributed by atoms with van der Waals surface area (Å²) in [4.78, 5) is 0. The third kappa shape index (κ3) is 2.85. The molecule has 0 saturated heterocycles. The van der Waals surface area contributed by atoms with E-state index in [9.17, 15) is 0 Å². The van der Waals surface area contributed by atoms with Gasteiger partial charge in [0, 0.05) is 12.6 Å². The van der Waals surface area contributed by atoms with Crippen LogP contribution in [0.2, 0.25) is 0 Å². The number of nitrogens with two attached hydrogens (primary N) is 1. The molecule has 0 spiro atoms. The van der Waals surface area contributed by atoms with Crippen molar-refractivity contribution in [1.82, 2.24) is 5.16 Å². The number of hydrogen-bond acceptors (Lipinski definition) is 4. The van der Waals surface area contributed by atoms with E-state index in [4.69, 9.17) is 15.0 Å². The SMILES string of the molecule is Cc1ccc(OCc2cc(CN)no2)c(C)c1. The molecule has 1 heterocycles. The number of aryl methyl sites for hydroxylation is 2. The zero-order valence-electron chi connectivity index (χ0n) is 10.1. The molecule has 0 unspecified atom stereocenters. The lowest BCUT2D eigenvalue weighted by Crippen LogP contribution is -1.97. The van der Waals surface area contributed by atoms with Crippen molar-refractivity contribution in [3.8, 4) is 5.75 Å². The van der Waals surface area contributed by atoms with E-state index in [0.29, 0.717) is 18.9 Å². The Labute approximate surface area is 100 Å². The number of ether oxygens (including phenoxy) is 1. The van der Waals surface area contributed by atoms with Gasteiger partial charge in [-0.1, -0.05) is 22.9 Å². The minimum absolute atomic E-state index is 0.372. The van der Waals surface area contributed by atoms with Crippen molar-refractivity contribution in [2.45, 2.75) is 27.0 Å². The van der Waals surface area contributed by atoms with Crippen LogP contribution in [0.1, 0.15) is 22.6 Å². The fourth-order valence-corrected chi connectivity index (χ4v) is 1.63. The first kappa shape index (κ1) is 11.7. The molecule has 0 atom stereocenters. The van der Waals surface area contributed by atoms with Gasteiger partial charge >= 0.3 is 0 Å². The average molecular weight is 232 g/mol. The molecule has 0 radical (unpaired) electrons. The van der Waals surface area contributed by atoms with Gasteiger partial charge in [-0.05, 0) is 25.5 Å². The number of aromatic nitrogens is 1. The standard InChI is InChI=1S/C13H16N2O2/c1-9-3-4-13(10(2)5-9)16-8-12-6-11(7-14)15-17-12/h3-6H,7-8,14H2,1-2H3. The van der Waals surface area contributed by atoms with Gasteiger partial charge in [-0.3, -0.25) is 0 Å². The lowest BCUT2D eigenvalue weighted by atomic mass is 10.1. The highest BCUT2D eigenvalue weighted by Gasteiger charge is 2.05. The van der Waals surface area contributed by atoms with Crippen LogP contribution in [0, 0.1) is 13.8 Å². The quantitative estimate of drug-likeness (QED) is 0.878. The summed E-state index contributed by atoms with van der Waals surface area (Å²) in [5, 5.41) is 3.80. The molecule has 0 aliphatic heterocycles. The molecule has 0 aliphatic rings. The molecular weight excluding hydrogens is 216 g/mol. The Morgan fingerprint density at radius 1 is 1.29 bits per heavy atom. The normalized spacial score (nSPS) is 10.5. The highest BCUT2D eigenvalue weighted by molar-refractivity contribution is 5.35. The van der Waals surface area contributed by atoms with Gasteiger partial charge in [0.1, 0.15) is 12.4 Å². The zero-order valence-corrected chi connectivity index (χ0v) is 10.1. The Bertz CT molecular complexity index is 506. The Morgan fingerprint density at radius 2 is 2.12 bits per heavy atom. The smallest absolute Gasteiger partial charge is 0.174 e. The fourth-order valence-electron chi connectivity index (χ4n) is 1.63. The first-order chi connectivity index (χ1) is 8.19. The molecule has 1 aromatic carbocycles. The van der Waals surface area contributed by atoms with Crippen molar-refractivity contribution < 1.29 is 9.26 Å². The lowest BCUT2D eigenvalue weighted by molar-refractivity contribution is 0.247. The predicted molar refractivity (Wildman–Crippen MR) is 64.6 cm³/mol. The van der Waals surface area contributed by atoms with Crippen LogP contribution in [-0.4, -0.2) is 5.16 Å². The van der Waals surface area contributed by atoms with Crippen molar-refractivity contribution in [3.63, 3.8) is 0 Å². The molecular formula is C13H16N2O2. The maximum Gasteiger partial charge on any atom is 0.174 e.